The summed E-state index contributed by atoms with van der Waals surface area (Å²) in [5, 5.41) is 9.58. The highest BCUT2D eigenvalue weighted by Gasteiger charge is 2.18. The van der Waals surface area contributed by atoms with Gasteiger partial charge in [0.05, 0.1) is 6.10 Å². The van der Waals surface area contributed by atoms with Gasteiger partial charge in [-0.1, -0.05) is 6.07 Å². The topological polar surface area (TPSA) is 55.8 Å². The third-order valence-corrected chi connectivity index (χ3v) is 3.02. The van der Waals surface area contributed by atoms with Gasteiger partial charge in [-0.15, -0.1) is 0 Å². The maximum atomic E-state index is 10.5. The van der Waals surface area contributed by atoms with Gasteiger partial charge in [0.1, 0.15) is 6.29 Å². The first kappa shape index (κ1) is 11.9. The van der Waals surface area contributed by atoms with Crippen LogP contribution in [0.15, 0.2) is 18.2 Å². The Morgan fingerprint density at radius 1 is 1.41 bits per heavy atom. The van der Waals surface area contributed by atoms with Crippen LogP contribution in [0.1, 0.15) is 18.9 Å². The van der Waals surface area contributed by atoms with Crippen LogP contribution in [-0.4, -0.2) is 24.3 Å². The average Bonchev–Trinajstić information content (AvgIpc) is 2.75. The molecule has 0 fully saturated rings. The Morgan fingerprint density at radius 3 is 2.88 bits per heavy atom. The lowest BCUT2D eigenvalue weighted by Gasteiger charge is -2.17. The smallest absolute Gasteiger partial charge is 0.231 e. The van der Waals surface area contributed by atoms with E-state index in [2.05, 4.69) is 0 Å². The van der Waals surface area contributed by atoms with E-state index in [9.17, 15) is 9.90 Å². The average molecular weight is 236 g/mol. The standard InChI is InChI=1S/C13H16O4/c1-9(15)11(4-5-14)6-10-2-3-12-13(7-10)17-8-16-12/h2-3,5,7,9,11,15H,4,6,8H2,1H3/t9-,11?/m1/s1. The SMILES string of the molecule is C[C@@H](O)C(CC=O)Cc1ccc2c(c1)OCO2. The minimum atomic E-state index is -0.495. The van der Waals surface area contributed by atoms with Gasteiger partial charge in [-0.3, -0.25) is 0 Å². The normalized spacial score (nSPS) is 16.6. The molecule has 0 aromatic heterocycles. The zero-order valence-corrected chi connectivity index (χ0v) is 9.76. The molecule has 1 aliphatic heterocycles. The van der Waals surface area contributed by atoms with Crippen molar-refractivity contribution in [2.75, 3.05) is 6.79 Å². The van der Waals surface area contributed by atoms with Crippen molar-refractivity contribution in [1.29, 1.82) is 0 Å². The molecule has 1 aromatic carbocycles. The number of ether oxygens (including phenoxy) is 2. The second-order valence-electron chi connectivity index (χ2n) is 4.29. The molecule has 4 nitrogen and oxygen atoms in total. The van der Waals surface area contributed by atoms with Crippen LogP contribution < -0.4 is 9.47 Å². The van der Waals surface area contributed by atoms with Crippen LogP contribution in [0.4, 0.5) is 0 Å². The monoisotopic (exact) mass is 236 g/mol. The van der Waals surface area contributed by atoms with Crippen LogP contribution in [0.25, 0.3) is 0 Å². The van der Waals surface area contributed by atoms with Crippen LogP contribution in [0.2, 0.25) is 0 Å². The summed E-state index contributed by atoms with van der Waals surface area (Å²) in [6.45, 7) is 1.97. The fraction of sp³-hybridized carbons (Fsp3) is 0.462. The maximum Gasteiger partial charge on any atom is 0.231 e. The molecular formula is C13H16O4. The Labute approximate surface area is 100 Å². The Kier molecular flexibility index (Phi) is 3.64. The Hall–Kier alpha value is -1.55. The highest BCUT2D eigenvalue weighted by Crippen LogP contribution is 2.33. The molecule has 0 saturated carbocycles. The molecule has 2 atom stereocenters. The fourth-order valence-corrected chi connectivity index (χ4v) is 1.95. The number of fused-ring (bicyclic) bond motifs is 1. The first-order valence-corrected chi connectivity index (χ1v) is 5.71. The second kappa shape index (κ2) is 5.19. The number of benzene rings is 1. The number of aldehydes is 1. The van der Waals surface area contributed by atoms with Gasteiger partial charge in [-0.2, -0.15) is 0 Å². The zero-order chi connectivity index (χ0) is 12.3. The molecule has 92 valence electrons. The lowest BCUT2D eigenvalue weighted by molar-refractivity contribution is -0.109. The molecule has 1 N–H and O–H groups in total. The molecule has 0 radical (unpaired) electrons. The number of carbonyl (C=O) groups excluding carboxylic acids is 1. The maximum absolute atomic E-state index is 10.5. The van der Waals surface area contributed by atoms with Crippen molar-refractivity contribution in [3.63, 3.8) is 0 Å². The zero-order valence-electron chi connectivity index (χ0n) is 9.76. The van der Waals surface area contributed by atoms with Crippen LogP contribution >= 0.6 is 0 Å². The minimum Gasteiger partial charge on any atom is -0.454 e. The van der Waals surface area contributed by atoms with E-state index in [1.807, 2.05) is 18.2 Å². The summed E-state index contributed by atoms with van der Waals surface area (Å²) >= 11 is 0. The molecule has 2 rings (SSSR count). The lowest BCUT2D eigenvalue weighted by Crippen LogP contribution is -2.19. The van der Waals surface area contributed by atoms with E-state index >= 15 is 0 Å². The van der Waals surface area contributed by atoms with Gasteiger partial charge >= 0.3 is 0 Å². The molecule has 1 aliphatic rings. The number of carbonyl (C=O) groups is 1. The molecule has 1 unspecified atom stereocenters. The highest BCUT2D eigenvalue weighted by atomic mass is 16.7. The van der Waals surface area contributed by atoms with Gasteiger partial charge < -0.3 is 19.4 Å². The van der Waals surface area contributed by atoms with Crippen molar-refractivity contribution in [1.82, 2.24) is 0 Å². The van der Waals surface area contributed by atoms with Crippen molar-refractivity contribution in [3.05, 3.63) is 23.8 Å². The molecule has 17 heavy (non-hydrogen) atoms. The predicted octanol–water partition coefficient (Wildman–Crippen LogP) is 1.54. The van der Waals surface area contributed by atoms with Gasteiger partial charge in [0.15, 0.2) is 11.5 Å². The van der Waals surface area contributed by atoms with Crippen molar-refractivity contribution in [2.45, 2.75) is 25.9 Å². The van der Waals surface area contributed by atoms with E-state index in [-0.39, 0.29) is 12.7 Å². The van der Waals surface area contributed by atoms with Gasteiger partial charge in [0, 0.05) is 6.42 Å². The van der Waals surface area contributed by atoms with Crippen molar-refractivity contribution in [2.24, 2.45) is 5.92 Å². The van der Waals surface area contributed by atoms with E-state index < -0.39 is 6.10 Å². The molecule has 0 spiro atoms. The van der Waals surface area contributed by atoms with E-state index in [1.165, 1.54) is 0 Å². The molecule has 0 aliphatic carbocycles. The fourth-order valence-electron chi connectivity index (χ4n) is 1.95. The third kappa shape index (κ3) is 2.77. The van der Waals surface area contributed by atoms with Gasteiger partial charge in [0.25, 0.3) is 0 Å². The lowest BCUT2D eigenvalue weighted by atomic mass is 9.92. The Morgan fingerprint density at radius 2 is 2.18 bits per heavy atom. The van der Waals surface area contributed by atoms with Gasteiger partial charge in [-0.05, 0) is 37.0 Å². The number of hydrogen-bond acceptors (Lipinski definition) is 4. The number of hydrogen-bond donors (Lipinski definition) is 1. The number of aliphatic hydroxyl groups excluding tert-OH is 1. The first-order chi connectivity index (χ1) is 8.20. The summed E-state index contributed by atoms with van der Waals surface area (Å²) in [4.78, 5) is 10.5. The van der Waals surface area contributed by atoms with Crippen LogP contribution in [0, 0.1) is 5.92 Å². The first-order valence-electron chi connectivity index (χ1n) is 5.71. The molecule has 0 saturated heterocycles. The third-order valence-electron chi connectivity index (χ3n) is 3.02. The summed E-state index contributed by atoms with van der Waals surface area (Å²) in [5.74, 6) is 1.43. The van der Waals surface area contributed by atoms with Gasteiger partial charge in [-0.25, -0.2) is 0 Å². The summed E-state index contributed by atoms with van der Waals surface area (Å²) in [6.07, 6.45) is 1.38. The summed E-state index contributed by atoms with van der Waals surface area (Å²) in [5.41, 5.74) is 1.04. The van der Waals surface area contributed by atoms with E-state index in [4.69, 9.17) is 9.47 Å². The minimum absolute atomic E-state index is 0.0483. The van der Waals surface area contributed by atoms with Crippen LogP contribution in [0.5, 0.6) is 11.5 Å². The Bertz CT molecular complexity index is 400. The molecule has 1 aromatic rings. The molecule has 0 bridgehead atoms. The number of rotatable bonds is 5. The summed E-state index contributed by atoms with van der Waals surface area (Å²) in [6, 6.07) is 5.70. The summed E-state index contributed by atoms with van der Waals surface area (Å²) in [7, 11) is 0. The van der Waals surface area contributed by atoms with Crippen molar-refractivity contribution < 1.29 is 19.4 Å². The predicted molar refractivity (Wildman–Crippen MR) is 62.1 cm³/mol. The Balaban J connectivity index is 2.09. The largest absolute Gasteiger partial charge is 0.454 e. The molecule has 1 heterocycles. The molecule has 0 amide bonds. The van der Waals surface area contributed by atoms with E-state index in [0.717, 1.165) is 23.3 Å². The quantitative estimate of drug-likeness (QED) is 0.788. The van der Waals surface area contributed by atoms with E-state index in [1.54, 1.807) is 6.92 Å². The van der Waals surface area contributed by atoms with Crippen molar-refractivity contribution in [3.8, 4) is 11.5 Å². The second-order valence-corrected chi connectivity index (χ2v) is 4.29. The van der Waals surface area contributed by atoms with Crippen molar-refractivity contribution >= 4 is 6.29 Å². The molecular weight excluding hydrogens is 220 g/mol. The van der Waals surface area contributed by atoms with Crippen LogP contribution in [-0.2, 0) is 11.2 Å². The highest BCUT2D eigenvalue weighted by molar-refractivity contribution is 5.50. The van der Waals surface area contributed by atoms with E-state index in [0.29, 0.717) is 12.8 Å². The van der Waals surface area contributed by atoms with Crippen LogP contribution in [0.3, 0.4) is 0 Å². The van der Waals surface area contributed by atoms with Gasteiger partial charge in [0.2, 0.25) is 6.79 Å². The molecule has 4 heteroatoms. The summed E-state index contributed by atoms with van der Waals surface area (Å²) < 4.78 is 10.5. The number of aliphatic hydroxyl groups is 1.